The van der Waals surface area contributed by atoms with Gasteiger partial charge in [-0.2, -0.15) is 0 Å². The Morgan fingerprint density at radius 1 is 1.40 bits per heavy atom. The van der Waals surface area contributed by atoms with Gasteiger partial charge in [0.1, 0.15) is 6.04 Å². The first-order valence-corrected chi connectivity index (χ1v) is 4.32. The summed E-state index contributed by atoms with van der Waals surface area (Å²) in [7, 11) is 0. The van der Waals surface area contributed by atoms with Crippen LogP contribution in [0.5, 0.6) is 0 Å². The lowest BCUT2D eigenvalue weighted by atomic mass is 9.96. The van der Waals surface area contributed by atoms with Crippen LogP contribution in [0.4, 0.5) is 5.69 Å². The van der Waals surface area contributed by atoms with Gasteiger partial charge < -0.3 is 10.8 Å². The van der Waals surface area contributed by atoms with Crippen LogP contribution in [0, 0.1) is 0 Å². The molecule has 0 spiro atoms. The summed E-state index contributed by atoms with van der Waals surface area (Å²) in [6, 6.07) is 5.37. The van der Waals surface area contributed by atoms with Gasteiger partial charge in [-0.25, -0.2) is 9.79 Å². The van der Waals surface area contributed by atoms with Gasteiger partial charge in [0.25, 0.3) is 0 Å². The smallest absolute Gasteiger partial charge is 0.352 e. The van der Waals surface area contributed by atoms with Gasteiger partial charge in [0.05, 0.1) is 5.69 Å². The van der Waals surface area contributed by atoms with E-state index in [4.69, 9.17) is 10.8 Å². The minimum Gasteiger partial charge on any atom is -0.477 e. The minimum absolute atomic E-state index is 0.307. The molecule has 0 saturated heterocycles. The molecule has 0 bridgehead atoms. The molecule has 76 valence electrons. The zero-order valence-corrected chi connectivity index (χ0v) is 7.68. The van der Waals surface area contributed by atoms with Gasteiger partial charge in [0, 0.05) is 5.56 Å². The highest BCUT2D eigenvalue weighted by atomic mass is 16.4. The molecule has 15 heavy (non-hydrogen) atoms. The summed E-state index contributed by atoms with van der Waals surface area (Å²) in [6.07, 6.45) is 0. The van der Waals surface area contributed by atoms with Crippen molar-refractivity contribution in [3.63, 3.8) is 0 Å². The van der Waals surface area contributed by atoms with Crippen LogP contribution in [0.25, 0.3) is 0 Å². The molecule has 0 radical (unpaired) electrons. The van der Waals surface area contributed by atoms with Crippen molar-refractivity contribution >= 4 is 23.2 Å². The molecule has 0 aromatic heterocycles. The number of aliphatic carboxylic acids is 1. The number of carboxylic acid groups (broad SMARTS) is 1. The van der Waals surface area contributed by atoms with Crippen molar-refractivity contribution in [2.24, 2.45) is 10.7 Å². The fraction of sp³-hybridized carbons (Fsp3) is 0.100. The maximum absolute atomic E-state index is 11.7. The van der Waals surface area contributed by atoms with Gasteiger partial charge in [-0.05, 0) is 12.1 Å². The van der Waals surface area contributed by atoms with Crippen molar-refractivity contribution in [2.75, 3.05) is 0 Å². The van der Waals surface area contributed by atoms with Gasteiger partial charge >= 0.3 is 5.97 Å². The summed E-state index contributed by atoms with van der Waals surface area (Å²) >= 11 is 0. The molecule has 5 nitrogen and oxygen atoms in total. The molecule has 0 aliphatic carbocycles. The molecule has 1 aliphatic rings. The maximum atomic E-state index is 11.7. The van der Waals surface area contributed by atoms with E-state index in [0.29, 0.717) is 11.3 Å². The molecule has 3 N–H and O–H groups in total. The zero-order valence-electron chi connectivity index (χ0n) is 7.68. The van der Waals surface area contributed by atoms with Crippen LogP contribution in [0.15, 0.2) is 29.3 Å². The van der Waals surface area contributed by atoms with Crippen molar-refractivity contribution in [1.82, 2.24) is 0 Å². The van der Waals surface area contributed by atoms with E-state index in [0.717, 1.165) is 0 Å². The standard InChI is InChI=1S/C10H8N2O3/c11-7-8(10(14)15)12-6-4-2-1-3-5(6)9(7)13/h1-4,7H,11H2,(H,14,15). The Hall–Kier alpha value is -2.01. The third-order valence-corrected chi connectivity index (χ3v) is 2.21. The van der Waals surface area contributed by atoms with Gasteiger partial charge in [0.15, 0.2) is 11.5 Å². The molecule has 1 aromatic carbocycles. The van der Waals surface area contributed by atoms with Crippen LogP contribution in [0.3, 0.4) is 0 Å². The Bertz CT molecular complexity index is 479. The lowest BCUT2D eigenvalue weighted by molar-refractivity contribution is -0.129. The van der Waals surface area contributed by atoms with E-state index in [-0.39, 0.29) is 5.71 Å². The molecule has 5 heteroatoms. The maximum Gasteiger partial charge on any atom is 0.352 e. The summed E-state index contributed by atoms with van der Waals surface area (Å²) in [5, 5.41) is 8.79. The number of benzene rings is 1. The number of rotatable bonds is 1. The summed E-state index contributed by atoms with van der Waals surface area (Å²) in [6.45, 7) is 0. The van der Waals surface area contributed by atoms with Gasteiger partial charge in [-0.15, -0.1) is 0 Å². The molecule has 1 unspecified atom stereocenters. The fourth-order valence-corrected chi connectivity index (χ4v) is 1.45. The number of hydrogen-bond donors (Lipinski definition) is 2. The highest BCUT2D eigenvalue weighted by Crippen LogP contribution is 2.24. The number of hydrogen-bond acceptors (Lipinski definition) is 4. The topological polar surface area (TPSA) is 92.8 Å². The lowest BCUT2D eigenvalue weighted by Crippen LogP contribution is -2.44. The summed E-state index contributed by atoms with van der Waals surface area (Å²) in [5.41, 5.74) is 5.90. The van der Waals surface area contributed by atoms with Crippen molar-refractivity contribution in [3.8, 4) is 0 Å². The van der Waals surface area contributed by atoms with Crippen molar-refractivity contribution < 1.29 is 14.7 Å². The third-order valence-electron chi connectivity index (χ3n) is 2.21. The average Bonchev–Trinajstić information content (AvgIpc) is 2.23. The second kappa shape index (κ2) is 3.29. The molecule has 1 aromatic rings. The largest absolute Gasteiger partial charge is 0.477 e. The van der Waals surface area contributed by atoms with Crippen molar-refractivity contribution in [2.45, 2.75) is 6.04 Å². The molecule has 0 saturated carbocycles. The minimum atomic E-state index is -1.26. The number of carbonyl (C=O) groups excluding carboxylic acids is 1. The number of carbonyl (C=O) groups is 2. The SMILES string of the molecule is NC1C(=O)c2ccccc2N=C1C(=O)O. The first-order valence-electron chi connectivity index (χ1n) is 4.32. The number of aliphatic imine (C=N–C) groups is 1. The number of fused-ring (bicyclic) bond motifs is 1. The second-order valence-corrected chi connectivity index (χ2v) is 3.16. The quantitative estimate of drug-likeness (QED) is 0.691. The molecule has 1 heterocycles. The number of Topliss-reactive ketones (excluding diaryl/α,β-unsaturated/α-hetero) is 1. The first kappa shape index (κ1) is 9.54. The molecular weight excluding hydrogens is 196 g/mol. The number of nitrogens with zero attached hydrogens (tertiary/aromatic N) is 1. The monoisotopic (exact) mass is 204 g/mol. The summed E-state index contributed by atoms with van der Waals surface area (Å²) < 4.78 is 0. The number of para-hydroxylation sites is 1. The molecular formula is C10H8N2O3. The van der Waals surface area contributed by atoms with Crippen LogP contribution < -0.4 is 5.73 Å². The van der Waals surface area contributed by atoms with E-state index in [1.54, 1.807) is 24.3 Å². The predicted octanol–water partition coefficient (Wildman–Crippen LogP) is 0.367. The second-order valence-electron chi connectivity index (χ2n) is 3.16. The highest BCUT2D eigenvalue weighted by molar-refractivity contribution is 6.45. The Balaban J connectivity index is 2.62. The molecule has 0 fully saturated rings. The Kier molecular flexibility index (Phi) is 2.09. The normalized spacial score (nSPS) is 19.4. The van der Waals surface area contributed by atoms with E-state index in [2.05, 4.69) is 4.99 Å². The zero-order chi connectivity index (χ0) is 11.0. The lowest BCUT2D eigenvalue weighted by Gasteiger charge is -2.17. The van der Waals surface area contributed by atoms with E-state index < -0.39 is 17.8 Å². The van der Waals surface area contributed by atoms with Gasteiger partial charge in [-0.3, -0.25) is 4.79 Å². The van der Waals surface area contributed by atoms with Crippen LogP contribution in [0.1, 0.15) is 10.4 Å². The number of carboxylic acids is 1. The van der Waals surface area contributed by atoms with Crippen LogP contribution in [-0.2, 0) is 4.79 Å². The van der Waals surface area contributed by atoms with Crippen LogP contribution >= 0.6 is 0 Å². The van der Waals surface area contributed by atoms with Crippen molar-refractivity contribution in [1.29, 1.82) is 0 Å². The summed E-state index contributed by atoms with van der Waals surface area (Å²) in [5.74, 6) is -1.66. The first-order chi connectivity index (χ1) is 7.11. The Morgan fingerprint density at radius 2 is 2.07 bits per heavy atom. The Morgan fingerprint density at radius 3 is 2.73 bits per heavy atom. The van der Waals surface area contributed by atoms with E-state index >= 15 is 0 Å². The van der Waals surface area contributed by atoms with Crippen LogP contribution in [0.2, 0.25) is 0 Å². The number of nitrogens with two attached hydrogens (primary N) is 1. The summed E-state index contributed by atoms with van der Waals surface area (Å²) in [4.78, 5) is 26.3. The molecule has 2 rings (SSSR count). The average molecular weight is 204 g/mol. The highest BCUT2D eigenvalue weighted by Gasteiger charge is 2.31. The molecule has 1 aliphatic heterocycles. The van der Waals surface area contributed by atoms with E-state index in [1.807, 2.05) is 0 Å². The predicted molar refractivity (Wildman–Crippen MR) is 53.5 cm³/mol. The fourth-order valence-electron chi connectivity index (χ4n) is 1.45. The van der Waals surface area contributed by atoms with Gasteiger partial charge in [-0.1, -0.05) is 12.1 Å². The molecule has 0 amide bonds. The third kappa shape index (κ3) is 1.42. The molecule has 1 atom stereocenters. The number of ketones is 1. The van der Waals surface area contributed by atoms with Crippen LogP contribution in [-0.4, -0.2) is 28.6 Å². The Labute approximate surface area is 85.2 Å². The van der Waals surface area contributed by atoms with E-state index in [1.165, 1.54) is 0 Å². The van der Waals surface area contributed by atoms with Crippen molar-refractivity contribution in [3.05, 3.63) is 29.8 Å². The van der Waals surface area contributed by atoms with E-state index in [9.17, 15) is 9.59 Å². The van der Waals surface area contributed by atoms with Gasteiger partial charge in [0.2, 0.25) is 0 Å².